The second-order valence-corrected chi connectivity index (χ2v) is 12.4. The summed E-state index contributed by atoms with van der Waals surface area (Å²) in [4.78, 5) is 38.5. The van der Waals surface area contributed by atoms with Crippen molar-refractivity contribution in [2.24, 2.45) is 5.92 Å². The molecule has 9 nitrogen and oxygen atoms in total. The summed E-state index contributed by atoms with van der Waals surface area (Å²) in [6.45, 7) is 13.9. The molecule has 38 heavy (non-hydrogen) atoms. The lowest BCUT2D eigenvalue weighted by atomic mass is 9.81. The number of carbonyl (C=O) groups is 3. The van der Waals surface area contributed by atoms with E-state index in [1.807, 2.05) is 54.5 Å². The average molecular weight is 533 g/mol. The summed E-state index contributed by atoms with van der Waals surface area (Å²) in [5.74, 6) is 0.626. The van der Waals surface area contributed by atoms with E-state index >= 15 is 0 Å². The fraction of sp³-hybridized carbons (Fsp3) is 0.690. The molecule has 0 bridgehead atoms. The summed E-state index contributed by atoms with van der Waals surface area (Å²) in [7, 11) is 1.37. The Hall–Kier alpha value is -2.97. The van der Waals surface area contributed by atoms with Crippen LogP contribution in [-0.4, -0.2) is 66.6 Å². The molecule has 0 unspecified atom stereocenters. The molecular weight excluding hydrogens is 488 g/mol. The topological polar surface area (TPSA) is 103 Å². The zero-order valence-corrected chi connectivity index (χ0v) is 24.1. The quantitative estimate of drug-likeness (QED) is 0.386. The molecule has 1 saturated carbocycles. The number of hydrogen-bond donors (Lipinski definition) is 1. The van der Waals surface area contributed by atoms with Crippen LogP contribution in [0.3, 0.4) is 0 Å². The van der Waals surface area contributed by atoms with Gasteiger partial charge >= 0.3 is 18.2 Å². The van der Waals surface area contributed by atoms with Crippen molar-refractivity contribution in [2.45, 2.75) is 104 Å². The van der Waals surface area contributed by atoms with Gasteiger partial charge in [-0.25, -0.2) is 14.4 Å². The van der Waals surface area contributed by atoms with Gasteiger partial charge in [0.05, 0.1) is 25.8 Å². The summed E-state index contributed by atoms with van der Waals surface area (Å²) in [5, 5.41) is 2.99. The lowest BCUT2D eigenvalue weighted by molar-refractivity contribution is -0.0221. The zero-order valence-electron chi connectivity index (χ0n) is 24.1. The molecule has 1 N–H and O–H groups in total. The van der Waals surface area contributed by atoms with Crippen LogP contribution in [0.2, 0.25) is 0 Å². The largest absolute Gasteiger partial charge is 0.487 e. The van der Waals surface area contributed by atoms with Crippen molar-refractivity contribution in [1.29, 1.82) is 0 Å². The van der Waals surface area contributed by atoms with E-state index in [-0.39, 0.29) is 24.3 Å². The number of alkyl carbamates (subject to hydrolysis) is 1. The maximum atomic E-state index is 12.5. The van der Waals surface area contributed by atoms with Gasteiger partial charge in [0.15, 0.2) is 0 Å². The number of esters is 1. The molecule has 0 aromatic heterocycles. The fourth-order valence-corrected chi connectivity index (χ4v) is 4.82. The molecular formula is C29H44N2O7. The lowest BCUT2D eigenvalue weighted by Crippen LogP contribution is -2.57. The standard InChI is InChI=1S/C29H44N2O7/c1-18-20(13-19-9-11-21(12-10-19)30-26(33)37-28(2,3)4)14-22(15-24(18)25(32)35-8)36-23-16-31(17-23)27(34)38-29(5,6)7/h14-15,19,21,23H,9-13,16-17H2,1-8H3,(H,30,33). The molecule has 212 valence electrons. The summed E-state index contributed by atoms with van der Waals surface area (Å²) in [6, 6.07) is 3.83. The SMILES string of the molecule is COC(=O)c1cc(OC2CN(C(=O)OC(C)(C)C)C2)cc(CC2CCC(NC(=O)OC(C)(C)C)CC2)c1C. The van der Waals surface area contributed by atoms with E-state index < -0.39 is 17.2 Å². The van der Waals surface area contributed by atoms with Crippen molar-refractivity contribution in [3.63, 3.8) is 0 Å². The highest BCUT2D eigenvalue weighted by Gasteiger charge is 2.35. The predicted octanol–water partition coefficient (Wildman–Crippen LogP) is 5.41. The second kappa shape index (κ2) is 11.8. The molecule has 1 saturated heterocycles. The fourth-order valence-electron chi connectivity index (χ4n) is 4.82. The van der Waals surface area contributed by atoms with E-state index in [0.717, 1.165) is 43.2 Å². The van der Waals surface area contributed by atoms with E-state index in [1.165, 1.54) is 7.11 Å². The van der Waals surface area contributed by atoms with Crippen LogP contribution in [0.1, 0.15) is 88.7 Å². The first-order valence-corrected chi connectivity index (χ1v) is 13.5. The minimum atomic E-state index is -0.546. The predicted molar refractivity (Wildman–Crippen MR) is 144 cm³/mol. The minimum absolute atomic E-state index is 0.106. The van der Waals surface area contributed by atoms with Crippen LogP contribution in [-0.2, 0) is 20.6 Å². The Morgan fingerprint density at radius 2 is 1.55 bits per heavy atom. The highest BCUT2D eigenvalue weighted by atomic mass is 16.6. The normalized spacial score (nSPS) is 20.3. The first kappa shape index (κ1) is 29.6. The maximum Gasteiger partial charge on any atom is 0.410 e. The Morgan fingerprint density at radius 1 is 0.947 bits per heavy atom. The molecule has 0 spiro atoms. The second-order valence-electron chi connectivity index (χ2n) is 12.4. The van der Waals surface area contributed by atoms with Gasteiger partial charge in [0, 0.05) is 6.04 Å². The number of likely N-dealkylation sites (tertiary alicyclic amines) is 1. The van der Waals surface area contributed by atoms with E-state index in [1.54, 1.807) is 11.0 Å². The molecule has 1 heterocycles. The van der Waals surface area contributed by atoms with Crippen LogP contribution in [0, 0.1) is 12.8 Å². The van der Waals surface area contributed by atoms with Crippen LogP contribution in [0.4, 0.5) is 9.59 Å². The van der Waals surface area contributed by atoms with Crippen molar-refractivity contribution in [3.05, 3.63) is 28.8 Å². The Balaban J connectivity index is 1.61. The van der Waals surface area contributed by atoms with Gasteiger partial charge in [-0.05, 0) is 110 Å². The number of ether oxygens (including phenoxy) is 4. The number of rotatable bonds is 6. The summed E-state index contributed by atoms with van der Waals surface area (Å²) in [5.41, 5.74) is 1.37. The monoisotopic (exact) mass is 532 g/mol. The van der Waals surface area contributed by atoms with Gasteiger partial charge in [-0.1, -0.05) is 0 Å². The summed E-state index contributed by atoms with van der Waals surface area (Å²) < 4.78 is 22.0. The number of hydrogen-bond acceptors (Lipinski definition) is 7. The first-order valence-electron chi connectivity index (χ1n) is 13.5. The molecule has 1 aliphatic carbocycles. The van der Waals surface area contributed by atoms with Gasteiger partial charge in [0.2, 0.25) is 0 Å². The Bertz CT molecular complexity index is 1010. The highest BCUT2D eigenvalue weighted by Crippen LogP contribution is 2.32. The number of nitrogens with zero attached hydrogens (tertiary/aromatic N) is 1. The number of amides is 2. The molecule has 2 fully saturated rings. The molecule has 1 aromatic carbocycles. The van der Waals surface area contributed by atoms with E-state index in [0.29, 0.717) is 30.3 Å². The van der Waals surface area contributed by atoms with Gasteiger partial charge in [0.1, 0.15) is 23.1 Å². The number of carbonyl (C=O) groups excluding carboxylic acids is 3. The van der Waals surface area contributed by atoms with Crippen LogP contribution < -0.4 is 10.1 Å². The molecule has 2 amide bonds. The van der Waals surface area contributed by atoms with Crippen LogP contribution >= 0.6 is 0 Å². The van der Waals surface area contributed by atoms with Crippen molar-refractivity contribution in [3.8, 4) is 5.75 Å². The van der Waals surface area contributed by atoms with Crippen molar-refractivity contribution >= 4 is 18.2 Å². The van der Waals surface area contributed by atoms with Gasteiger partial charge in [-0.3, -0.25) is 0 Å². The van der Waals surface area contributed by atoms with E-state index in [9.17, 15) is 14.4 Å². The number of methoxy groups -OCH3 is 1. The molecule has 9 heteroatoms. The third-order valence-electron chi connectivity index (χ3n) is 6.77. The first-order chi connectivity index (χ1) is 17.6. The van der Waals surface area contributed by atoms with Crippen molar-refractivity contribution in [1.82, 2.24) is 10.2 Å². The van der Waals surface area contributed by atoms with Gasteiger partial charge < -0.3 is 29.2 Å². The highest BCUT2D eigenvalue weighted by molar-refractivity contribution is 5.92. The third kappa shape index (κ3) is 8.53. The van der Waals surface area contributed by atoms with Gasteiger partial charge in [0.25, 0.3) is 0 Å². The van der Waals surface area contributed by atoms with Gasteiger partial charge in [-0.15, -0.1) is 0 Å². The maximum absolute atomic E-state index is 12.5. The Labute approximate surface area is 226 Å². The molecule has 1 aromatic rings. The lowest BCUT2D eigenvalue weighted by Gasteiger charge is -2.39. The Kier molecular flexibility index (Phi) is 9.21. The van der Waals surface area contributed by atoms with Gasteiger partial charge in [-0.2, -0.15) is 0 Å². The number of nitrogens with one attached hydrogen (secondary N) is 1. The van der Waals surface area contributed by atoms with Crippen LogP contribution in [0.15, 0.2) is 12.1 Å². The molecule has 0 radical (unpaired) electrons. The third-order valence-corrected chi connectivity index (χ3v) is 6.77. The minimum Gasteiger partial charge on any atom is -0.487 e. The molecule has 0 atom stereocenters. The van der Waals surface area contributed by atoms with Crippen LogP contribution in [0.5, 0.6) is 5.75 Å². The zero-order chi connectivity index (χ0) is 28.3. The summed E-state index contributed by atoms with van der Waals surface area (Å²) >= 11 is 0. The number of benzene rings is 1. The molecule has 3 rings (SSSR count). The van der Waals surface area contributed by atoms with E-state index in [2.05, 4.69) is 5.32 Å². The van der Waals surface area contributed by atoms with Crippen molar-refractivity contribution in [2.75, 3.05) is 20.2 Å². The Morgan fingerprint density at radius 3 is 2.11 bits per heavy atom. The van der Waals surface area contributed by atoms with E-state index in [4.69, 9.17) is 18.9 Å². The van der Waals surface area contributed by atoms with Crippen molar-refractivity contribution < 1.29 is 33.3 Å². The summed E-state index contributed by atoms with van der Waals surface area (Å²) in [6.07, 6.45) is 3.60. The smallest absolute Gasteiger partial charge is 0.410 e. The molecule has 2 aliphatic rings. The van der Waals surface area contributed by atoms with Crippen LogP contribution in [0.25, 0.3) is 0 Å². The average Bonchev–Trinajstić information content (AvgIpc) is 2.76. The molecule has 1 aliphatic heterocycles.